The Morgan fingerprint density at radius 2 is 2.15 bits per heavy atom. The molecule has 2 aromatic heterocycles. The summed E-state index contributed by atoms with van der Waals surface area (Å²) in [4.78, 5) is 15.4. The highest BCUT2D eigenvalue weighted by molar-refractivity contribution is 7.10. The van der Waals surface area contributed by atoms with E-state index < -0.39 is 0 Å². The van der Waals surface area contributed by atoms with Crippen molar-refractivity contribution in [1.29, 1.82) is 0 Å². The number of aromatic nitrogens is 2. The lowest BCUT2D eigenvalue weighted by atomic mass is 9.92. The Kier molecular flexibility index (Phi) is 3.99. The minimum Gasteiger partial charge on any atom is -0.333 e. The first kappa shape index (κ1) is 14.8. The van der Waals surface area contributed by atoms with E-state index in [4.69, 9.17) is 0 Å². The van der Waals surface area contributed by atoms with Gasteiger partial charge in [-0.15, -0.1) is 11.3 Å². The second-order valence-corrected chi connectivity index (χ2v) is 7.00. The van der Waals surface area contributed by atoms with Crippen molar-refractivity contribution < 1.29 is 4.79 Å². The van der Waals surface area contributed by atoms with Gasteiger partial charge < -0.3 is 4.90 Å². The molecular weight excluding hydrogens is 270 g/mol. The number of amides is 1. The quantitative estimate of drug-likeness (QED) is 0.939. The second-order valence-electron chi connectivity index (χ2n) is 6.02. The highest BCUT2D eigenvalue weighted by atomic mass is 32.1. The van der Waals surface area contributed by atoms with Crippen molar-refractivity contribution in [3.63, 3.8) is 0 Å². The van der Waals surface area contributed by atoms with Crippen LogP contribution in [-0.4, -0.2) is 28.1 Å². The summed E-state index contributed by atoms with van der Waals surface area (Å²) < 4.78 is 0. The number of aromatic amines is 1. The van der Waals surface area contributed by atoms with Crippen molar-refractivity contribution in [3.05, 3.63) is 39.8 Å². The van der Waals surface area contributed by atoms with Crippen LogP contribution in [0, 0.1) is 0 Å². The molecular formula is C15H21N3OS. The summed E-state index contributed by atoms with van der Waals surface area (Å²) in [5.74, 6) is -0.0577. The zero-order chi connectivity index (χ0) is 14.9. The molecule has 0 radical (unpaired) electrons. The van der Waals surface area contributed by atoms with Gasteiger partial charge in [-0.3, -0.25) is 9.89 Å². The van der Waals surface area contributed by atoms with Crippen LogP contribution in [0.5, 0.6) is 0 Å². The van der Waals surface area contributed by atoms with Gasteiger partial charge in [-0.1, -0.05) is 26.8 Å². The van der Waals surface area contributed by atoms with Gasteiger partial charge in [-0.25, -0.2) is 0 Å². The van der Waals surface area contributed by atoms with Crippen LogP contribution in [0.1, 0.15) is 54.8 Å². The van der Waals surface area contributed by atoms with Crippen LogP contribution in [0.2, 0.25) is 0 Å². The number of thiophene rings is 1. The summed E-state index contributed by atoms with van der Waals surface area (Å²) in [6, 6.07) is 5.95. The SMILES string of the molecule is CC(c1cccs1)N(C)C(=O)c1cc(C(C)(C)C)[nH]n1. The molecule has 20 heavy (non-hydrogen) atoms. The molecule has 2 heterocycles. The molecule has 0 saturated heterocycles. The first-order chi connectivity index (χ1) is 9.30. The van der Waals surface area contributed by atoms with E-state index in [9.17, 15) is 4.79 Å². The zero-order valence-corrected chi connectivity index (χ0v) is 13.4. The van der Waals surface area contributed by atoms with Crippen LogP contribution < -0.4 is 0 Å². The third kappa shape index (κ3) is 2.93. The lowest BCUT2D eigenvalue weighted by molar-refractivity contribution is 0.0739. The van der Waals surface area contributed by atoms with Crippen molar-refractivity contribution >= 4 is 17.2 Å². The molecule has 0 fully saturated rings. The van der Waals surface area contributed by atoms with Crippen molar-refractivity contribution in [2.24, 2.45) is 0 Å². The molecule has 0 spiro atoms. The lowest BCUT2D eigenvalue weighted by Gasteiger charge is -2.23. The zero-order valence-electron chi connectivity index (χ0n) is 12.6. The maximum Gasteiger partial charge on any atom is 0.274 e. The summed E-state index contributed by atoms with van der Waals surface area (Å²) in [6.07, 6.45) is 0. The molecule has 1 unspecified atom stereocenters. The maximum atomic E-state index is 12.5. The van der Waals surface area contributed by atoms with Gasteiger partial charge in [0.25, 0.3) is 5.91 Å². The van der Waals surface area contributed by atoms with E-state index in [0.717, 1.165) is 5.69 Å². The van der Waals surface area contributed by atoms with Gasteiger partial charge in [0, 0.05) is 23.0 Å². The number of nitrogens with one attached hydrogen (secondary N) is 1. The highest BCUT2D eigenvalue weighted by Gasteiger charge is 2.24. The number of rotatable bonds is 3. The molecule has 0 aliphatic heterocycles. The monoisotopic (exact) mass is 291 g/mol. The molecule has 0 bridgehead atoms. The Balaban J connectivity index is 2.17. The second kappa shape index (κ2) is 5.40. The van der Waals surface area contributed by atoms with Gasteiger partial charge in [0.1, 0.15) is 5.69 Å². The van der Waals surface area contributed by atoms with Crippen LogP contribution in [0.3, 0.4) is 0 Å². The Bertz CT molecular complexity index is 581. The van der Waals surface area contributed by atoms with E-state index in [1.165, 1.54) is 4.88 Å². The summed E-state index contributed by atoms with van der Waals surface area (Å²) >= 11 is 1.66. The predicted octanol–water partition coefficient (Wildman–Crippen LogP) is 3.60. The summed E-state index contributed by atoms with van der Waals surface area (Å²) in [5.41, 5.74) is 1.41. The molecule has 2 rings (SSSR count). The lowest BCUT2D eigenvalue weighted by Crippen LogP contribution is -2.29. The number of hydrogen-bond donors (Lipinski definition) is 1. The van der Waals surface area contributed by atoms with E-state index in [1.807, 2.05) is 37.6 Å². The van der Waals surface area contributed by atoms with Gasteiger partial charge in [0.05, 0.1) is 6.04 Å². The topological polar surface area (TPSA) is 49.0 Å². The van der Waals surface area contributed by atoms with E-state index in [-0.39, 0.29) is 17.4 Å². The Morgan fingerprint density at radius 1 is 1.45 bits per heavy atom. The molecule has 108 valence electrons. The molecule has 1 N–H and O–H groups in total. The molecule has 4 nitrogen and oxygen atoms in total. The highest BCUT2D eigenvalue weighted by Crippen LogP contribution is 2.25. The number of carbonyl (C=O) groups excluding carboxylic acids is 1. The molecule has 1 atom stereocenters. The van der Waals surface area contributed by atoms with Crippen molar-refractivity contribution in [3.8, 4) is 0 Å². The number of nitrogens with zero attached hydrogens (tertiary/aromatic N) is 2. The summed E-state index contributed by atoms with van der Waals surface area (Å²) in [5, 5.41) is 9.14. The average molecular weight is 291 g/mol. The molecule has 1 amide bonds. The molecule has 2 aromatic rings. The molecule has 0 aliphatic rings. The van der Waals surface area contributed by atoms with E-state index >= 15 is 0 Å². The van der Waals surface area contributed by atoms with E-state index in [2.05, 4.69) is 31.0 Å². The van der Waals surface area contributed by atoms with Crippen molar-refractivity contribution in [2.75, 3.05) is 7.05 Å². The van der Waals surface area contributed by atoms with Gasteiger partial charge in [-0.2, -0.15) is 5.10 Å². The first-order valence-corrected chi connectivity index (χ1v) is 7.55. The summed E-state index contributed by atoms with van der Waals surface area (Å²) in [7, 11) is 1.82. The Labute approximate surface area is 123 Å². The van der Waals surface area contributed by atoms with Crippen molar-refractivity contribution in [1.82, 2.24) is 15.1 Å². The van der Waals surface area contributed by atoms with Gasteiger partial charge in [-0.05, 0) is 24.4 Å². The fraction of sp³-hybridized carbons (Fsp3) is 0.467. The normalized spacial score (nSPS) is 13.2. The van der Waals surface area contributed by atoms with Crippen LogP contribution in [-0.2, 0) is 5.41 Å². The van der Waals surface area contributed by atoms with Crippen LogP contribution in [0.25, 0.3) is 0 Å². The van der Waals surface area contributed by atoms with Crippen molar-refractivity contribution in [2.45, 2.75) is 39.2 Å². The fourth-order valence-electron chi connectivity index (χ4n) is 1.89. The number of hydrogen-bond acceptors (Lipinski definition) is 3. The number of carbonyl (C=O) groups is 1. The minimum atomic E-state index is -0.0577. The third-order valence-corrected chi connectivity index (χ3v) is 4.50. The van der Waals surface area contributed by atoms with Crippen LogP contribution in [0.4, 0.5) is 0 Å². The number of H-pyrrole nitrogens is 1. The van der Waals surface area contributed by atoms with Gasteiger partial charge >= 0.3 is 0 Å². The molecule has 0 saturated carbocycles. The van der Waals surface area contributed by atoms with Crippen LogP contribution >= 0.6 is 11.3 Å². The minimum absolute atomic E-state index is 0.0382. The molecule has 5 heteroatoms. The third-order valence-electron chi connectivity index (χ3n) is 3.46. The standard InChI is InChI=1S/C15H21N3OS/c1-10(12-7-6-8-20-12)18(5)14(19)11-9-13(17-16-11)15(2,3)4/h6-10H,1-5H3,(H,16,17). The molecule has 0 aromatic carbocycles. The summed E-state index contributed by atoms with van der Waals surface area (Å²) in [6.45, 7) is 8.30. The molecule has 0 aliphatic carbocycles. The van der Waals surface area contributed by atoms with Gasteiger partial charge in [0.2, 0.25) is 0 Å². The Morgan fingerprint density at radius 3 is 2.65 bits per heavy atom. The predicted molar refractivity (Wildman–Crippen MR) is 82.1 cm³/mol. The van der Waals surface area contributed by atoms with E-state index in [1.54, 1.807) is 16.2 Å². The maximum absolute atomic E-state index is 12.5. The first-order valence-electron chi connectivity index (χ1n) is 6.67. The van der Waals surface area contributed by atoms with E-state index in [0.29, 0.717) is 5.69 Å². The van der Waals surface area contributed by atoms with Crippen LogP contribution in [0.15, 0.2) is 23.6 Å². The Hall–Kier alpha value is -1.62. The van der Waals surface area contributed by atoms with Gasteiger partial charge in [0.15, 0.2) is 0 Å². The average Bonchev–Trinajstić information content (AvgIpc) is 3.05. The largest absolute Gasteiger partial charge is 0.333 e. The smallest absolute Gasteiger partial charge is 0.274 e. The fourth-order valence-corrected chi connectivity index (χ4v) is 2.72.